The van der Waals surface area contributed by atoms with Crippen LogP contribution in [0, 0.1) is 11.3 Å². The van der Waals surface area contributed by atoms with Gasteiger partial charge in [-0.1, -0.05) is 74.5 Å². The molecule has 6 heteroatoms. The topological polar surface area (TPSA) is 107 Å². The fourth-order valence-electron chi connectivity index (χ4n) is 2.95. The number of nitrogens with zero attached hydrogens (tertiary/aromatic N) is 2. The summed E-state index contributed by atoms with van der Waals surface area (Å²) in [5.74, 6) is -4.37. The number of nitriles is 1. The number of carbonyl (C=O) groups is 2. The van der Waals surface area contributed by atoms with Gasteiger partial charge in [0.1, 0.15) is 5.41 Å². The minimum absolute atomic E-state index is 0.578. The SMILES string of the molecule is CCN(CC)CCC(C#N)(c1ccccc1)c1ccccc1.O=C([O-])C(=O)[O-]. The molecule has 0 unspecified atom stereocenters. The van der Waals surface area contributed by atoms with E-state index in [0.717, 1.165) is 37.2 Å². The van der Waals surface area contributed by atoms with E-state index in [1.54, 1.807) is 0 Å². The number of hydrogen-bond donors (Lipinski definition) is 0. The molecular formula is C22H24N2O4-2. The van der Waals surface area contributed by atoms with E-state index in [1.807, 2.05) is 36.4 Å². The third-order valence-electron chi connectivity index (χ3n) is 4.59. The molecule has 0 N–H and O–H groups in total. The molecule has 0 aliphatic heterocycles. The highest BCUT2D eigenvalue weighted by Crippen LogP contribution is 2.35. The van der Waals surface area contributed by atoms with Crippen molar-refractivity contribution in [3.63, 3.8) is 0 Å². The largest absolute Gasteiger partial charge is 0.543 e. The zero-order chi connectivity index (χ0) is 21.0. The first-order chi connectivity index (χ1) is 13.4. The molecule has 0 heterocycles. The van der Waals surface area contributed by atoms with Crippen molar-refractivity contribution in [1.82, 2.24) is 4.90 Å². The average Bonchev–Trinajstić information content (AvgIpc) is 2.73. The van der Waals surface area contributed by atoms with Gasteiger partial charge in [-0.2, -0.15) is 5.26 Å². The van der Waals surface area contributed by atoms with E-state index in [2.05, 4.69) is 49.1 Å². The summed E-state index contributed by atoms with van der Waals surface area (Å²) in [6.07, 6.45) is 0.805. The van der Waals surface area contributed by atoms with Crippen molar-refractivity contribution in [2.75, 3.05) is 19.6 Å². The summed E-state index contributed by atoms with van der Waals surface area (Å²) in [6.45, 7) is 7.29. The third kappa shape index (κ3) is 6.22. The van der Waals surface area contributed by atoms with Gasteiger partial charge in [0, 0.05) is 6.54 Å². The van der Waals surface area contributed by atoms with Gasteiger partial charge < -0.3 is 24.7 Å². The van der Waals surface area contributed by atoms with Gasteiger partial charge in [0.25, 0.3) is 0 Å². The third-order valence-corrected chi connectivity index (χ3v) is 4.59. The normalized spacial score (nSPS) is 10.5. The summed E-state index contributed by atoms with van der Waals surface area (Å²) in [5, 5.41) is 27.9. The highest BCUT2D eigenvalue weighted by molar-refractivity contribution is 6.25. The van der Waals surface area contributed by atoms with Gasteiger partial charge in [-0.05, 0) is 30.6 Å². The predicted molar refractivity (Wildman–Crippen MR) is 102 cm³/mol. The number of carboxylic acid groups (broad SMARTS) is 2. The Bertz CT molecular complexity index is 730. The van der Waals surface area contributed by atoms with Crippen molar-refractivity contribution < 1.29 is 19.8 Å². The maximum absolute atomic E-state index is 10.1. The minimum atomic E-state index is -2.19. The second-order valence-corrected chi connectivity index (χ2v) is 6.10. The standard InChI is InChI=1S/C20H24N2.C2H2O4/c1-3-22(4-2)16-15-20(17-21,18-11-7-5-8-12-18)19-13-9-6-10-14-19;3-1(4)2(5)6/h5-14H,3-4,15-16H2,1-2H3;(H,3,4)(H,5,6)/p-2. The van der Waals surface area contributed by atoms with Gasteiger partial charge in [0.2, 0.25) is 0 Å². The molecule has 0 saturated carbocycles. The van der Waals surface area contributed by atoms with Crippen LogP contribution < -0.4 is 10.2 Å². The van der Waals surface area contributed by atoms with Crippen LogP contribution in [0.25, 0.3) is 0 Å². The second-order valence-electron chi connectivity index (χ2n) is 6.10. The summed E-state index contributed by atoms with van der Waals surface area (Å²) < 4.78 is 0. The van der Waals surface area contributed by atoms with Gasteiger partial charge >= 0.3 is 0 Å². The highest BCUT2D eigenvalue weighted by atomic mass is 16.4. The fourth-order valence-corrected chi connectivity index (χ4v) is 2.95. The van der Waals surface area contributed by atoms with Crippen LogP contribution in [-0.2, 0) is 15.0 Å². The van der Waals surface area contributed by atoms with Gasteiger partial charge in [0.15, 0.2) is 0 Å². The smallest absolute Gasteiger partial charge is 0.108 e. The Labute approximate surface area is 165 Å². The Morgan fingerprint density at radius 3 is 1.57 bits per heavy atom. The molecule has 0 aliphatic carbocycles. The van der Waals surface area contributed by atoms with Gasteiger partial charge in [-0.25, -0.2) is 0 Å². The number of benzene rings is 2. The van der Waals surface area contributed by atoms with E-state index >= 15 is 0 Å². The van der Waals surface area contributed by atoms with E-state index in [1.165, 1.54) is 0 Å². The molecular weight excluding hydrogens is 356 g/mol. The van der Waals surface area contributed by atoms with Crippen LogP contribution in [0.4, 0.5) is 0 Å². The first-order valence-corrected chi connectivity index (χ1v) is 9.08. The Morgan fingerprint density at radius 2 is 1.29 bits per heavy atom. The molecule has 0 spiro atoms. The zero-order valence-corrected chi connectivity index (χ0v) is 16.1. The maximum atomic E-state index is 10.1. The number of rotatable bonds is 7. The van der Waals surface area contributed by atoms with Crippen LogP contribution in [0.5, 0.6) is 0 Å². The van der Waals surface area contributed by atoms with Crippen LogP contribution in [0.15, 0.2) is 60.7 Å². The Hall–Kier alpha value is -3.17. The summed E-state index contributed by atoms with van der Waals surface area (Å²) >= 11 is 0. The Morgan fingerprint density at radius 1 is 0.893 bits per heavy atom. The lowest BCUT2D eigenvalue weighted by Gasteiger charge is -2.30. The molecule has 0 aliphatic rings. The molecule has 0 fully saturated rings. The molecule has 6 nitrogen and oxygen atoms in total. The average molecular weight is 380 g/mol. The van der Waals surface area contributed by atoms with Crippen LogP contribution in [-0.4, -0.2) is 36.5 Å². The second kappa shape index (κ2) is 11.5. The molecule has 0 saturated heterocycles. The molecule has 0 aromatic heterocycles. The first kappa shape index (κ1) is 22.9. The number of carboxylic acids is 2. The fraction of sp³-hybridized carbons (Fsp3) is 0.318. The quantitative estimate of drug-likeness (QED) is 0.655. The first-order valence-electron chi connectivity index (χ1n) is 9.08. The van der Waals surface area contributed by atoms with E-state index in [4.69, 9.17) is 19.8 Å². The van der Waals surface area contributed by atoms with Gasteiger partial charge in [-0.3, -0.25) is 0 Å². The minimum Gasteiger partial charge on any atom is -0.543 e. The van der Waals surface area contributed by atoms with Crippen LogP contribution in [0.1, 0.15) is 31.4 Å². The molecule has 0 amide bonds. The maximum Gasteiger partial charge on any atom is 0.108 e. The zero-order valence-electron chi connectivity index (χ0n) is 16.1. The molecule has 2 rings (SSSR count). The Kier molecular flexibility index (Phi) is 9.41. The lowest BCUT2D eigenvalue weighted by molar-refractivity contribution is -0.345. The highest BCUT2D eigenvalue weighted by Gasteiger charge is 2.34. The van der Waals surface area contributed by atoms with Gasteiger partial charge in [0.05, 0.1) is 18.0 Å². The number of aliphatic carboxylic acids is 2. The molecule has 0 radical (unpaired) electrons. The number of carbonyl (C=O) groups excluding carboxylic acids is 2. The summed E-state index contributed by atoms with van der Waals surface area (Å²) in [5.41, 5.74) is 1.58. The summed E-state index contributed by atoms with van der Waals surface area (Å²) in [6, 6.07) is 23.0. The lowest BCUT2D eigenvalue weighted by atomic mass is 9.73. The van der Waals surface area contributed by atoms with Crippen molar-refractivity contribution in [2.24, 2.45) is 0 Å². The molecule has 0 atom stereocenters. The van der Waals surface area contributed by atoms with Crippen molar-refractivity contribution >= 4 is 11.9 Å². The van der Waals surface area contributed by atoms with Crippen molar-refractivity contribution in [3.05, 3.63) is 71.8 Å². The summed E-state index contributed by atoms with van der Waals surface area (Å²) in [7, 11) is 0. The molecule has 0 bridgehead atoms. The lowest BCUT2D eigenvalue weighted by Crippen LogP contribution is -2.42. The van der Waals surface area contributed by atoms with E-state index < -0.39 is 17.4 Å². The molecule has 28 heavy (non-hydrogen) atoms. The van der Waals surface area contributed by atoms with E-state index in [-0.39, 0.29) is 0 Å². The monoisotopic (exact) mass is 380 g/mol. The van der Waals surface area contributed by atoms with E-state index in [0.29, 0.717) is 0 Å². The van der Waals surface area contributed by atoms with Crippen molar-refractivity contribution in [2.45, 2.75) is 25.7 Å². The van der Waals surface area contributed by atoms with Gasteiger partial charge in [-0.15, -0.1) is 0 Å². The molecule has 2 aromatic carbocycles. The predicted octanol–water partition coefficient (Wildman–Crippen LogP) is 0.714. The Balaban J connectivity index is 0.000000568. The van der Waals surface area contributed by atoms with Crippen LogP contribution >= 0.6 is 0 Å². The van der Waals surface area contributed by atoms with Crippen LogP contribution in [0.2, 0.25) is 0 Å². The number of hydrogen-bond acceptors (Lipinski definition) is 6. The summed E-state index contributed by atoms with van der Waals surface area (Å²) in [4.78, 5) is 20.2. The van der Waals surface area contributed by atoms with Crippen LogP contribution in [0.3, 0.4) is 0 Å². The molecule has 2 aromatic rings. The molecule has 148 valence electrons. The van der Waals surface area contributed by atoms with E-state index in [9.17, 15) is 5.26 Å². The van der Waals surface area contributed by atoms with Crippen molar-refractivity contribution in [3.8, 4) is 6.07 Å². The van der Waals surface area contributed by atoms with Crippen molar-refractivity contribution in [1.29, 1.82) is 5.26 Å².